The van der Waals surface area contributed by atoms with Gasteiger partial charge in [0.25, 0.3) is 0 Å². The smallest absolute Gasteiger partial charge is 0.337 e. The lowest BCUT2D eigenvalue weighted by Gasteiger charge is -2.11. The summed E-state index contributed by atoms with van der Waals surface area (Å²) >= 11 is 9.14. The summed E-state index contributed by atoms with van der Waals surface area (Å²) in [5.41, 5.74) is 5.85. The minimum Gasteiger partial charge on any atom is -0.478 e. The van der Waals surface area contributed by atoms with Crippen LogP contribution in [0.5, 0.6) is 11.5 Å². The van der Waals surface area contributed by atoms with E-state index < -0.39 is 5.97 Å². The van der Waals surface area contributed by atoms with E-state index in [9.17, 15) is 4.79 Å². The van der Waals surface area contributed by atoms with Gasteiger partial charge >= 0.3 is 5.97 Å². The Morgan fingerprint density at radius 1 is 1.26 bits per heavy atom. The molecule has 0 aliphatic carbocycles. The molecule has 0 saturated heterocycles. The maximum Gasteiger partial charge on any atom is 0.337 e. The summed E-state index contributed by atoms with van der Waals surface area (Å²) in [6.07, 6.45) is 0. The number of anilines is 1. The van der Waals surface area contributed by atoms with Gasteiger partial charge in [0, 0.05) is 5.02 Å². The molecule has 0 amide bonds. The first kappa shape index (κ1) is 13.7. The largest absolute Gasteiger partial charge is 0.478 e. The second-order valence-electron chi connectivity index (χ2n) is 3.70. The van der Waals surface area contributed by atoms with Gasteiger partial charge in [-0.3, -0.25) is 0 Å². The van der Waals surface area contributed by atoms with Crippen LogP contribution in [0.15, 0.2) is 40.9 Å². The van der Waals surface area contributed by atoms with Crippen molar-refractivity contribution in [2.75, 3.05) is 5.73 Å². The van der Waals surface area contributed by atoms with E-state index in [2.05, 4.69) is 15.9 Å². The Labute approximate surface area is 122 Å². The molecule has 0 aromatic heterocycles. The maximum atomic E-state index is 11.0. The second-order valence-corrected chi connectivity index (χ2v) is 4.99. The van der Waals surface area contributed by atoms with Crippen molar-refractivity contribution in [3.8, 4) is 11.5 Å². The molecule has 0 spiro atoms. The fourth-order valence-corrected chi connectivity index (χ4v) is 2.26. The molecule has 0 atom stereocenters. The van der Waals surface area contributed by atoms with Crippen LogP contribution in [0.2, 0.25) is 5.02 Å². The van der Waals surface area contributed by atoms with Gasteiger partial charge in [-0.05, 0) is 46.3 Å². The van der Waals surface area contributed by atoms with Crippen molar-refractivity contribution in [2.45, 2.75) is 0 Å². The highest BCUT2D eigenvalue weighted by Crippen LogP contribution is 2.35. The number of nitrogen functional groups attached to an aromatic ring is 1. The number of nitrogens with two attached hydrogens (primary N) is 1. The molecule has 0 aliphatic rings. The third-order valence-electron chi connectivity index (χ3n) is 2.41. The van der Waals surface area contributed by atoms with Crippen molar-refractivity contribution < 1.29 is 14.6 Å². The fraction of sp³-hybridized carbons (Fsp3) is 0. The molecular formula is C13H9BrClNO3. The first-order chi connectivity index (χ1) is 8.99. The molecule has 2 aromatic rings. The number of hydrogen-bond donors (Lipinski definition) is 2. The Hall–Kier alpha value is -1.72. The molecule has 0 fully saturated rings. The zero-order valence-electron chi connectivity index (χ0n) is 9.56. The fourth-order valence-electron chi connectivity index (χ4n) is 1.50. The van der Waals surface area contributed by atoms with Crippen LogP contribution in [0.3, 0.4) is 0 Å². The van der Waals surface area contributed by atoms with Gasteiger partial charge in [-0.2, -0.15) is 0 Å². The predicted octanol–water partition coefficient (Wildman–Crippen LogP) is 4.18. The molecule has 0 aliphatic heterocycles. The standard InChI is InChI=1S/C13H9BrClNO3/c14-9-6-7(15)4-5-10(9)19-11-3-1-2-8(12(11)16)13(17)18/h1-6H,16H2,(H,17,18). The molecule has 19 heavy (non-hydrogen) atoms. The highest BCUT2D eigenvalue weighted by Gasteiger charge is 2.13. The van der Waals surface area contributed by atoms with Crippen LogP contribution in [-0.2, 0) is 0 Å². The lowest BCUT2D eigenvalue weighted by molar-refractivity contribution is 0.0697. The van der Waals surface area contributed by atoms with E-state index in [1.807, 2.05) is 0 Å². The highest BCUT2D eigenvalue weighted by atomic mass is 79.9. The molecule has 0 unspecified atom stereocenters. The van der Waals surface area contributed by atoms with Crippen LogP contribution in [-0.4, -0.2) is 11.1 Å². The number of carboxylic acid groups (broad SMARTS) is 1. The van der Waals surface area contributed by atoms with Crippen molar-refractivity contribution in [3.05, 3.63) is 51.5 Å². The highest BCUT2D eigenvalue weighted by molar-refractivity contribution is 9.10. The molecule has 2 rings (SSSR count). The van der Waals surface area contributed by atoms with Crippen LogP contribution >= 0.6 is 27.5 Å². The van der Waals surface area contributed by atoms with Gasteiger partial charge in [-0.1, -0.05) is 17.7 Å². The number of hydrogen-bond acceptors (Lipinski definition) is 3. The number of ether oxygens (including phenoxy) is 1. The number of rotatable bonds is 3. The summed E-state index contributed by atoms with van der Waals surface area (Å²) in [6, 6.07) is 9.59. The van der Waals surface area contributed by atoms with Gasteiger partial charge in [0.2, 0.25) is 0 Å². The van der Waals surface area contributed by atoms with Gasteiger partial charge in [-0.25, -0.2) is 4.79 Å². The van der Waals surface area contributed by atoms with Crippen molar-refractivity contribution in [1.82, 2.24) is 0 Å². The van der Waals surface area contributed by atoms with Crippen LogP contribution < -0.4 is 10.5 Å². The molecule has 4 nitrogen and oxygen atoms in total. The van der Waals surface area contributed by atoms with Crippen molar-refractivity contribution in [1.29, 1.82) is 0 Å². The van der Waals surface area contributed by atoms with E-state index in [4.69, 9.17) is 27.2 Å². The van der Waals surface area contributed by atoms with E-state index in [1.54, 1.807) is 30.3 Å². The summed E-state index contributed by atoms with van der Waals surface area (Å²) in [6.45, 7) is 0. The molecule has 0 bridgehead atoms. The third kappa shape index (κ3) is 3.00. The minimum atomic E-state index is -1.10. The summed E-state index contributed by atoms with van der Waals surface area (Å²) in [7, 11) is 0. The topological polar surface area (TPSA) is 72.5 Å². The van der Waals surface area contributed by atoms with E-state index in [-0.39, 0.29) is 17.0 Å². The van der Waals surface area contributed by atoms with Crippen LogP contribution in [0.1, 0.15) is 10.4 Å². The maximum absolute atomic E-state index is 11.0. The monoisotopic (exact) mass is 341 g/mol. The number of carboxylic acids is 1. The summed E-state index contributed by atoms with van der Waals surface area (Å²) in [4.78, 5) is 11.0. The summed E-state index contributed by atoms with van der Waals surface area (Å²) < 4.78 is 6.24. The van der Waals surface area contributed by atoms with E-state index in [0.717, 1.165) is 0 Å². The average molecular weight is 343 g/mol. The Morgan fingerprint density at radius 2 is 2.00 bits per heavy atom. The zero-order chi connectivity index (χ0) is 14.0. The van der Waals surface area contributed by atoms with Gasteiger partial charge in [0.15, 0.2) is 5.75 Å². The number of para-hydroxylation sites is 1. The van der Waals surface area contributed by atoms with Crippen LogP contribution in [0.25, 0.3) is 0 Å². The Balaban J connectivity index is 2.38. The van der Waals surface area contributed by atoms with Crippen molar-refractivity contribution >= 4 is 39.2 Å². The minimum absolute atomic E-state index is 0.00239. The van der Waals surface area contributed by atoms with Gasteiger partial charge in [-0.15, -0.1) is 0 Å². The Morgan fingerprint density at radius 3 is 2.63 bits per heavy atom. The first-order valence-electron chi connectivity index (χ1n) is 5.23. The van der Waals surface area contributed by atoms with Crippen LogP contribution in [0, 0.1) is 0 Å². The molecule has 3 N–H and O–H groups in total. The van der Waals surface area contributed by atoms with E-state index in [0.29, 0.717) is 15.2 Å². The van der Waals surface area contributed by atoms with E-state index >= 15 is 0 Å². The van der Waals surface area contributed by atoms with Crippen LogP contribution in [0.4, 0.5) is 5.69 Å². The number of benzene rings is 2. The number of aromatic carboxylic acids is 1. The molecule has 6 heteroatoms. The molecule has 98 valence electrons. The third-order valence-corrected chi connectivity index (χ3v) is 3.27. The first-order valence-corrected chi connectivity index (χ1v) is 6.41. The number of carbonyl (C=O) groups is 1. The molecule has 0 heterocycles. The SMILES string of the molecule is Nc1c(Oc2ccc(Cl)cc2Br)cccc1C(=O)O. The van der Waals surface area contributed by atoms with Crippen molar-refractivity contribution in [2.24, 2.45) is 0 Å². The van der Waals surface area contributed by atoms with E-state index in [1.165, 1.54) is 6.07 Å². The van der Waals surface area contributed by atoms with Gasteiger partial charge in [0.05, 0.1) is 15.7 Å². The summed E-state index contributed by atoms with van der Waals surface area (Å²) in [5.74, 6) is -0.320. The summed E-state index contributed by atoms with van der Waals surface area (Å²) in [5, 5.41) is 9.55. The van der Waals surface area contributed by atoms with Gasteiger partial charge in [0.1, 0.15) is 5.75 Å². The number of halogens is 2. The normalized spacial score (nSPS) is 10.2. The predicted molar refractivity (Wildman–Crippen MR) is 77.0 cm³/mol. The zero-order valence-corrected chi connectivity index (χ0v) is 11.9. The average Bonchev–Trinajstić information content (AvgIpc) is 2.34. The molecule has 2 aromatic carbocycles. The second kappa shape index (κ2) is 5.50. The Bertz CT molecular complexity index is 646. The van der Waals surface area contributed by atoms with Gasteiger partial charge < -0.3 is 15.6 Å². The molecule has 0 radical (unpaired) electrons. The van der Waals surface area contributed by atoms with Crippen molar-refractivity contribution in [3.63, 3.8) is 0 Å². The lowest BCUT2D eigenvalue weighted by atomic mass is 10.1. The quantitative estimate of drug-likeness (QED) is 0.821. The molecular weight excluding hydrogens is 334 g/mol. The lowest BCUT2D eigenvalue weighted by Crippen LogP contribution is -2.03. The Kier molecular flexibility index (Phi) is 3.97. The molecule has 0 saturated carbocycles.